The van der Waals surface area contributed by atoms with E-state index in [4.69, 9.17) is 16.7 Å². The second-order valence-electron chi connectivity index (χ2n) is 3.51. The first kappa shape index (κ1) is 15.5. The molecule has 0 aromatic carbocycles. The van der Waals surface area contributed by atoms with E-state index in [1.807, 2.05) is 0 Å². The first-order chi connectivity index (χ1) is 8.90. The lowest BCUT2D eigenvalue weighted by Gasteiger charge is -2.22. The minimum Gasteiger partial charge on any atom is -0.479 e. The van der Waals surface area contributed by atoms with Gasteiger partial charge in [-0.2, -0.15) is 0 Å². The molecule has 0 saturated heterocycles. The molecule has 0 bridgehead atoms. The summed E-state index contributed by atoms with van der Waals surface area (Å²) in [5, 5.41) is 21.4. The lowest BCUT2D eigenvalue weighted by atomic mass is 10.0. The maximum absolute atomic E-state index is 11.2. The summed E-state index contributed by atoms with van der Waals surface area (Å²) in [4.78, 5) is 22.5. The highest BCUT2D eigenvalue weighted by Crippen LogP contribution is 2.31. The van der Waals surface area contributed by atoms with Crippen molar-refractivity contribution < 1.29 is 24.5 Å². The van der Waals surface area contributed by atoms with E-state index in [-0.39, 0.29) is 11.5 Å². The molecule has 1 atom stereocenters. The number of hydrogen-bond donors (Lipinski definition) is 3. The molecule has 0 spiro atoms. The molecule has 0 aliphatic heterocycles. The van der Waals surface area contributed by atoms with Crippen molar-refractivity contribution in [2.45, 2.75) is 5.60 Å². The zero-order valence-corrected chi connectivity index (χ0v) is 11.3. The van der Waals surface area contributed by atoms with Crippen molar-refractivity contribution in [2.75, 3.05) is 13.2 Å². The van der Waals surface area contributed by atoms with E-state index in [0.717, 1.165) is 11.3 Å². The largest absolute Gasteiger partial charge is 0.479 e. The third-order valence-corrected chi connectivity index (χ3v) is 3.54. The number of carbonyl (C=O) groups excluding carboxylic acids is 1. The number of amides is 1. The van der Waals surface area contributed by atoms with Crippen molar-refractivity contribution in [2.24, 2.45) is 0 Å². The van der Waals surface area contributed by atoms with Crippen LogP contribution in [0, 0.1) is 0 Å². The summed E-state index contributed by atoms with van der Waals surface area (Å²) in [5.74, 6) is -1.49. The highest BCUT2D eigenvalue weighted by molar-refractivity contribution is 7.16. The van der Waals surface area contributed by atoms with Gasteiger partial charge in [0.1, 0.15) is 6.61 Å². The zero-order valence-electron chi connectivity index (χ0n) is 9.76. The third kappa shape index (κ3) is 3.95. The first-order valence-corrected chi connectivity index (χ1v) is 6.32. The van der Waals surface area contributed by atoms with E-state index in [1.165, 1.54) is 18.2 Å². The minimum absolute atomic E-state index is 0.0117. The average molecular weight is 306 g/mol. The van der Waals surface area contributed by atoms with Crippen LogP contribution in [0.4, 0.5) is 4.79 Å². The second-order valence-corrected chi connectivity index (χ2v) is 5.22. The minimum atomic E-state index is -2.25. The number of nitrogens with one attached hydrogen (secondary N) is 1. The van der Waals surface area contributed by atoms with E-state index in [1.54, 1.807) is 0 Å². The number of alkyl carbamates (subject to hydrolysis) is 1. The molecule has 0 radical (unpaired) electrons. The number of thiophene rings is 1. The van der Waals surface area contributed by atoms with E-state index in [9.17, 15) is 14.7 Å². The van der Waals surface area contributed by atoms with Crippen LogP contribution in [0.25, 0.3) is 0 Å². The van der Waals surface area contributed by atoms with Crippen LogP contribution in [-0.2, 0) is 15.1 Å². The van der Waals surface area contributed by atoms with Gasteiger partial charge in [-0.15, -0.1) is 11.3 Å². The van der Waals surface area contributed by atoms with Gasteiger partial charge in [-0.1, -0.05) is 24.3 Å². The van der Waals surface area contributed by atoms with Crippen LogP contribution in [0.2, 0.25) is 4.34 Å². The van der Waals surface area contributed by atoms with Gasteiger partial charge in [0.05, 0.1) is 15.8 Å². The highest BCUT2D eigenvalue weighted by atomic mass is 35.5. The maximum Gasteiger partial charge on any atom is 0.407 e. The fraction of sp³-hybridized carbons (Fsp3) is 0.273. The Bertz CT molecular complexity index is 489. The quantitative estimate of drug-likeness (QED) is 0.694. The van der Waals surface area contributed by atoms with Crippen LogP contribution >= 0.6 is 22.9 Å². The van der Waals surface area contributed by atoms with E-state index >= 15 is 0 Å². The smallest absolute Gasteiger partial charge is 0.407 e. The number of carbonyl (C=O) groups is 2. The molecule has 1 aromatic heterocycles. The van der Waals surface area contributed by atoms with E-state index in [2.05, 4.69) is 16.6 Å². The van der Waals surface area contributed by atoms with Gasteiger partial charge in [0.15, 0.2) is 0 Å². The van der Waals surface area contributed by atoms with Gasteiger partial charge in [-0.05, 0) is 12.1 Å². The molecular formula is C11H12ClNO5S. The molecule has 8 heteroatoms. The van der Waals surface area contributed by atoms with Gasteiger partial charge >= 0.3 is 12.1 Å². The SMILES string of the molecule is C=CCOC(=O)NCC(O)(C(=O)O)c1ccc(Cl)s1. The van der Waals surface area contributed by atoms with Crippen molar-refractivity contribution in [1.82, 2.24) is 5.32 Å². The number of aliphatic carboxylic acids is 1. The molecule has 19 heavy (non-hydrogen) atoms. The number of ether oxygens (including phenoxy) is 1. The Hall–Kier alpha value is -1.57. The van der Waals surface area contributed by atoms with Crippen LogP contribution in [-0.4, -0.2) is 35.4 Å². The number of rotatable bonds is 6. The van der Waals surface area contributed by atoms with Crippen molar-refractivity contribution in [1.29, 1.82) is 0 Å². The normalized spacial score (nSPS) is 13.4. The molecular weight excluding hydrogens is 294 g/mol. The molecule has 0 aliphatic rings. The summed E-state index contributed by atoms with van der Waals surface area (Å²) >= 11 is 6.61. The lowest BCUT2D eigenvalue weighted by Crippen LogP contribution is -2.46. The number of aliphatic hydroxyl groups is 1. The Labute approximate surface area is 118 Å². The van der Waals surface area contributed by atoms with Gasteiger partial charge < -0.3 is 20.3 Å². The molecule has 1 amide bonds. The van der Waals surface area contributed by atoms with Gasteiger partial charge in [-0.3, -0.25) is 0 Å². The zero-order chi connectivity index (χ0) is 14.5. The third-order valence-electron chi connectivity index (χ3n) is 2.16. The van der Waals surface area contributed by atoms with Gasteiger partial charge in [0.2, 0.25) is 5.60 Å². The molecule has 1 aromatic rings. The summed E-state index contributed by atoms with van der Waals surface area (Å²) in [7, 11) is 0. The maximum atomic E-state index is 11.2. The summed E-state index contributed by atoms with van der Waals surface area (Å²) < 4.78 is 4.95. The van der Waals surface area contributed by atoms with Gasteiger partial charge in [0, 0.05) is 0 Å². The molecule has 0 aliphatic carbocycles. The number of carboxylic acid groups (broad SMARTS) is 1. The Morgan fingerprint density at radius 3 is 2.74 bits per heavy atom. The van der Waals surface area contributed by atoms with Crippen molar-refractivity contribution in [3.8, 4) is 0 Å². The Morgan fingerprint density at radius 2 is 2.26 bits per heavy atom. The molecule has 0 fully saturated rings. The van der Waals surface area contributed by atoms with Gasteiger partial charge in [0.25, 0.3) is 0 Å². The van der Waals surface area contributed by atoms with Crippen LogP contribution in [0.3, 0.4) is 0 Å². The van der Waals surface area contributed by atoms with E-state index < -0.39 is 24.2 Å². The molecule has 6 nitrogen and oxygen atoms in total. The Balaban J connectivity index is 2.75. The fourth-order valence-electron chi connectivity index (χ4n) is 1.19. The van der Waals surface area contributed by atoms with Crippen molar-refractivity contribution in [3.05, 3.63) is 34.0 Å². The molecule has 104 valence electrons. The van der Waals surface area contributed by atoms with E-state index in [0.29, 0.717) is 4.34 Å². The van der Waals surface area contributed by atoms with Crippen LogP contribution < -0.4 is 5.32 Å². The van der Waals surface area contributed by atoms with Crippen molar-refractivity contribution in [3.63, 3.8) is 0 Å². The topological polar surface area (TPSA) is 95.9 Å². The monoisotopic (exact) mass is 305 g/mol. The molecule has 1 unspecified atom stereocenters. The number of hydrogen-bond acceptors (Lipinski definition) is 5. The summed E-state index contributed by atoms with van der Waals surface area (Å²) in [6, 6.07) is 2.85. The molecule has 1 heterocycles. The van der Waals surface area contributed by atoms with Crippen LogP contribution in [0.1, 0.15) is 4.88 Å². The standard InChI is InChI=1S/C11H12ClNO5S/c1-2-5-18-10(16)13-6-11(17,9(14)15)7-3-4-8(12)19-7/h2-4,17H,1,5-6H2,(H,13,16)(H,14,15). The second kappa shape index (κ2) is 6.55. The molecule has 1 rings (SSSR count). The van der Waals surface area contributed by atoms with Crippen LogP contribution in [0.15, 0.2) is 24.8 Å². The Kier molecular flexibility index (Phi) is 5.34. The van der Waals surface area contributed by atoms with Crippen LogP contribution in [0.5, 0.6) is 0 Å². The highest BCUT2D eigenvalue weighted by Gasteiger charge is 2.40. The predicted molar refractivity (Wildman–Crippen MR) is 70.4 cm³/mol. The average Bonchev–Trinajstić information content (AvgIpc) is 2.80. The number of carboxylic acids is 1. The number of halogens is 1. The predicted octanol–water partition coefficient (Wildman–Crippen LogP) is 1.59. The first-order valence-electron chi connectivity index (χ1n) is 5.13. The van der Waals surface area contributed by atoms with Gasteiger partial charge in [-0.25, -0.2) is 9.59 Å². The summed E-state index contributed by atoms with van der Waals surface area (Å²) in [6.07, 6.45) is 0.518. The summed E-state index contributed by atoms with van der Waals surface area (Å²) in [6.45, 7) is 2.81. The fourth-order valence-corrected chi connectivity index (χ4v) is 2.31. The summed E-state index contributed by atoms with van der Waals surface area (Å²) in [5.41, 5.74) is -2.25. The van der Waals surface area contributed by atoms with Crippen molar-refractivity contribution >= 4 is 35.0 Å². The lowest BCUT2D eigenvalue weighted by molar-refractivity contribution is -0.158. The Morgan fingerprint density at radius 1 is 1.58 bits per heavy atom. The molecule has 0 saturated carbocycles. The molecule has 3 N–H and O–H groups in total.